The van der Waals surface area contributed by atoms with Gasteiger partial charge in [0.2, 0.25) is 0 Å². The molecule has 0 bridgehead atoms. The van der Waals surface area contributed by atoms with Gasteiger partial charge in [0.05, 0.1) is 5.51 Å². The zero-order valence-corrected chi connectivity index (χ0v) is 9.15. The first-order valence-corrected chi connectivity index (χ1v) is 6.12. The lowest BCUT2D eigenvalue weighted by molar-refractivity contribution is 0.591. The molecule has 0 amide bonds. The van der Waals surface area contributed by atoms with Crippen LogP contribution in [0, 0.1) is 5.92 Å². The van der Waals surface area contributed by atoms with E-state index in [0.29, 0.717) is 0 Å². The fourth-order valence-electron chi connectivity index (χ4n) is 1.35. The van der Waals surface area contributed by atoms with E-state index >= 15 is 0 Å². The molecule has 0 atom stereocenters. The molecule has 1 heterocycles. The third-order valence-corrected chi connectivity index (χ3v) is 3.17. The summed E-state index contributed by atoms with van der Waals surface area (Å²) in [5.41, 5.74) is 1.88. The molecule has 2 rings (SSSR count). The van der Waals surface area contributed by atoms with Crippen molar-refractivity contribution >= 4 is 11.3 Å². The number of rotatable bonds is 7. The van der Waals surface area contributed by atoms with E-state index in [4.69, 9.17) is 0 Å². The Hall–Kier alpha value is -0.450. The molecule has 1 saturated carbocycles. The van der Waals surface area contributed by atoms with E-state index in [1.165, 1.54) is 24.3 Å². The van der Waals surface area contributed by atoms with Crippen LogP contribution in [0.3, 0.4) is 0 Å². The minimum absolute atomic E-state index is 0.954. The van der Waals surface area contributed by atoms with Crippen LogP contribution in [0.4, 0.5) is 0 Å². The topological polar surface area (TPSA) is 37.0 Å². The summed E-state index contributed by atoms with van der Waals surface area (Å²) in [4.78, 5) is 5.34. The molecule has 0 radical (unpaired) electrons. The Morgan fingerprint density at radius 1 is 1.36 bits per heavy atom. The second kappa shape index (κ2) is 5.44. The fraction of sp³-hybridized carbons (Fsp3) is 0.700. The number of nitrogens with one attached hydrogen (secondary N) is 2. The quantitative estimate of drug-likeness (QED) is 0.666. The van der Waals surface area contributed by atoms with E-state index < -0.39 is 0 Å². The van der Waals surface area contributed by atoms with Gasteiger partial charge in [-0.05, 0) is 25.3 Å². The maximum atomic E-state index is 4.03. The zero-order chi connectivity index (χ0) is 9.64. The van der Waals surface area contributed by atoms with Gasteiger partial charge in [-0.25, -0.2) is 0 Å². The summed E-state index contributed by atoms with van der Waals surface area (Å²) < 4.78 is 0. The molecule has 14 heavy (non-hydrogen) atoms. The highest BCUT2D eigenvalue weighted by Crippen LogP contribution is 2.27. The lowest BCUT2D eigenvalue weighted by Gasteiger charge is -2.04. The van der Waals surface area contributed by atoms with Crippen molar-refractivity contribution in [1.82, 2.24) is 15.6 Å². The summed E-state index contributed by atoms with van der Waals surface area (Å²) in [7, 11) is 0. The first-order valence-electron chi connectivity index (χ1n) is 5.24. The molecular formula is C10H17N3S. The van der Waals surface area contributed by atoms with Crippen molar-refractivity contribution in [3.8, 4) is 0 Å². The third-order valence-electron chi connectivity index (χ3n) is 2.39. The largest absolute Gasteiger partial charge is 0.315 e. The molecule has 3 nitrogen and oxygen atoms in total. The average molecular weight is 211 g/mol. The normalized spacial score (nSPS) is 16.0. The Labute approximate surface area is 88.9 Å². The number of hydrogen-bond donors (Lipinski definition) is 2. The molecular weight excluding hydrogens is 194 g/mol. The van der Waals surface area contributed by atoms with E-state index in [1.54, 1.807) is 11.3 Å². The van der Waals surface area contributed by atoms with Gasteiger partial charge in [0, 0.05) is 30.7 Å². The van der Waals surface area contributed by atoms with Crippen LogP contribution in [-0.2, 0) is 6.54 Å². The van der Waals surface area contributed by atoms with E-state index in [0.717, 1.165) is 25.6 Å². The van der Waals surface area contributed by atoms with Gasteiger partial charge in [-0.2, -0.15) is 0 Å². The second-order valence-electron chi connectivity index (χ2n) is 3.79. The Kier molecular flexibility index (Phi) is 3.91. The molecule has 1 aliphatic rings. The summed E-state index contributed by atoms with van der Waals surface area (Å²) in [6.07, 6.45) is 4.79. The monoisotopic (exact) mass is 211 g/mol. The minimum Gasteiger partial charge on any atom is -0.315 e. The van der Waals surface area contributed by atoms with Crippen LogP contribution >= 0.6 is 11.3 Å². The fourth-order valence-corrected chi connectivity index (χ4v) is 1.91. The van der Waals surface area contributed by atoms with Crippen molar-refractivity contribution in [2.75, 3.05) is 19.6 Å². The Morgan fingerprint density at radius 3 is 2.93 bits per heavy atom. The van der Waals surface area contributed by atoms with Gasteiger partial charge in [0.25, 0.3) is 0 Å². The molecule has 0 saturated heterocycles. The van der Waals surface area contributed by atoms with Crippen LogP contribution in [0.25, 0.3) is 0 Å². The maximum Gasteiger partial charge on any atom is 0.0794 e. The number of aromatic nitrogens is 1. The van der Waals surface area contributed by atoms with E-state index in [2.05, 4.69) is 15.6 Å². The average Bonchev–Trinajstić information content (AvgIpc) is 2.87. The van der Waals surface area contributed by atoms with Crippen molar-refractivity contribution in [2.45, 2.75) is 19.4 Å². The minimum atomic E-state index is 0.954. The first kappa shape index (κ1) is 10.1. The van der Waals surface area contributed by atoms with Crippen molar-refractivity contribution < 1.29 is 0 Å². The van der Waals surface area contributed by atoms with Crippen LogP contribution in [-0.4, -0.2) is 24.6 Å². The van der Waals surface area contributed by atoms with Gasteiger partial charge in [-0.15, -0.1) is 11.3 Å². The molecule has 1 aliphatic carbocycles. The summed E-state index contributed by atoms with van der Waals surface area (Å²) in [5, 5.41) is 6.84. The van der Waals surface area contributed by atoms with Gasteiger partial charge in [0.15, 0.2) is 0 Å². The Morgan fingerprint density at radius 2 is 2.21 bits per heavy atom. The molecule has 0 unspecified atom stereocenters. The molecule has 2 N–H and O–H groups in total. The smallest absolute Gasteiger partial charge is 0.0794 e. The highest BCUT2D eigenvalue weighted by molar-refractivity contribution is 7.09. The standard InChI is InChI=1S/C10H17N3S/c1-2-9(1)5-11-3-4-12-6-10-7-13-8-14-10/h7-9,11-12H,1-6H2. The Balaban J connectivity index is 1.43. The lowest BCUT2D eigenvalue weighted by Crippen LogP contribution is -2.28. The van der Waals surface area contributed by atoms with Gasteiger partial charge < -0.3 is 10.6 Å². The predicted octanol–water partition coefficient (Wildman–Crippen LogP) is 1.23. The lowest BCUT2D eigenvalue weighted by atomic mass is 10.4. The number of thiazole rings is 1. The van der Waals surface area contributed by atoms with Crippen molar-refractivity contribution in [3.05, 3.63) is 16.6 Å². The van der Waals surface area contributed by atoms with E-state index in [-0.39, 0.29) is 0 Å². The van der Waals surface area contributed by atoms with Crippen molar-refractivity contribution in [2.24, 2.45) is 5.92 Å². The Bertz CT molecular complexity index is 244. The van der Waals surface area contributed by atoms with Crippen LogP contribution in [0.1, 0.15) is 17.7 Å². The highest BCUT2D eigenvalue weighted by atomic mass is 32.1. The molecule has 1 aromatic heterocycles. The SMILES string of the molecule is c1ncc(CNCCNCC2CC2)s1. The number of nitrogens with zero attached hydrogens (tertiary/aromatic N) is 1. The van der Waals surface area contributed by atoms with E-state index in [9.17, 15) is 0 Å². The van der Waals surface area contributed by atoms with Crippen LogP contribution in [0.15, 0.2) is 11.7 Å². The zero-order valence-electron chi connectivity index (χ0n) is 8.33. The maximum absolute atomic E-state index is 4.03. The van der Waals surface area contributed by atoms with Gasteiger partial charge in [0.1, 0.15) is 0 Å². The van der Waals surface area contributed by atoms with Crippen LogP contribution in [0.5, 0.6) is 0 Å². The summed E-state index contributed by atoms with van der Waals surface area (Å²) in [6.45, 7) is 4.29. The second-order valence-corrected chi connectivity index (χ2v) is 4.76. The molecule has 0 aliphatic heterocycles. The van der Waals surface area contributed by atoms with Gasteiger partial charge >= 0.3 is 0 Å². The molecule has 0 aromatic carbocycles. The molecule has 78 valence electrons. The van der Waals surface area contributed by atoms with Gasteiger partial charge in [-0.3, -0.25) is 4.98 Å². The third kappa shape index (κ3) is 3.74. The first-order chi connectivity index (χ1) is 6.95. The van der Waals surface area contributed by atoms with E-state index in [1.807, 2.05) is 11.7 Å². The van der Waals surface area contributed by atoms with Crippen LogP contribution in [0.2, 0.25) is 0 Å². The summed E-state index contributed by atoms with van der Waals surface area (Å²) >= 11 is 1.71. The summed E-state index contributed by atoms with van der Waals surface area (Å²) in [6, 6.07) is 0. The number of hydrogen-bond acceptors (Lipinski definition) is 4. The predicted molar refractivity (Wildman–Crippen MR) is 59.4 cm³/mol. The molecule has 1 fully saturated rings. The van der Waals surface area contributed by atoms with Crippen molar-refractivity contribution in [1.29, 1.82) is 0 Å². The molecule has 0 spiro atoms. The molecule has 1 aromatic rings. The highest BCUT2D eigenvalue weighted by Gasteiger charge is 2.19. The van der Waals surface area contributed by atoms with Crippen LogP contribution < -0.4 is 10.6 Å². The van der Waals surface area contributed by atoms with Crippen molar-refractivity contribution in [3.63, 3.8) is 0 Å². The molecule has 4 heteroatoms. The van der Waals surface area contributed by atoms with Gasteiger partial charge in [-0.1, -0.05) is 0 Å². The summed E-state index contributed by atoms with van der Waals surface area (Å²) in [5.74, 6) is 0.983.